The molecule has 1 aromatic rings. The Morgan fingerprint density at radius 1 is 1.12 bits per heavy atom. The van der Waals surface area contributed by atoms with E-state index in [9.17, 15) is 0 Å². The minimum atomic E-state index is 0.229. The molecule has 1 aliphatic heterocycles. The lowest BCUT2D eigenvalue weighted by molar-refractivity contribution is -0.0493. The third kappa shape index (κ3) is 2.31. The predicted molar refractivity (Wildman–Crippen MR) is 67.3 cm³/mol. The largest absolute Gasteiger partial charge is 0.367 e. The van der Waals surface area contributed by atoms with E-state index < -0.39 is 0 Å². The van der Waals surface area contributed by atoms with Gasteiger partial charge in [-0.1, -0.05) is 28.1 Å². The van der Waals surface area contributed by atoms with Crippen molar-refractivity contribution in [3.8, 4) is 0 Å². The molecule has 2 atom stereocenters. The van der Waals surface area contributed by atoms with Crippen LogP contribution in [0.3, 0.4) is 0 Å². The van der Waals surface area contributed by atoms with Crippen molar-refractivity contribution in [1.29, 1.82) is 0 Å². The van der Waals surface area contributed by atoms with Crippen molar-refractivity contribution in [3.05, 3.63) is 34.3 Å². The van der Waals surface area contributed by atoms with Gasteiger partial charge in [0.2, 0.25) is 0 Å². The van der Waals surface area contributed by atoms with Gasteiger partial charge in [0, 0.05) is 17.6 Å². The molecule has 0 amide bonds. The summed E-state index contributed by atoms with van der Waals surface area (Å²) < 4.78 is 7.28. The average molecular weight is 282 g/mol. The molecule has 1 saturated carbocycles. The molecule has 1 aromatic carbocycles. The smallest absolute Gasteiger partial charge is 0.0953 e. The summed E-state index contributed by atoms with van der Waals surface area (Å²) in [7, 11) is 0. The number of ether oxygens (including phenoxy) is 1. The molecule has 1 saturated heterocycles. The molecule has 16 heavy (non-hydrogen) atoms. The summed E-state index contributed by atoms with van der Waals surface area (Å²) in [6.45, 7) is 1.96. The van der Waals surface area contributed by atoms with Crippen LogP contribution in [0.4, 0.5) is 0 Å². The summed E-state index contributed by atoms with van der Waals surface area (Å²) in [5.74, 6) is 0.811. The fourth-order valence-electron chi connectivity index (χ4n) is 2.28. The van der Waals surface area contributed by atoms with Gasteiger partial charge in [-0.3, -0.25) is 0 Å². The lowest BCUT2D eigenvalue weighted by Crippen LogP contribution is -2.41. The van der Waals surface area contributed by atoms with E-state index in [-0.39, 0.29) is 6.10 Å². The first-order chi connectivity index (χ1) is 7.83. The highest BCUT2D eigenvalue weighted by Gasteiger charge is 2.35. The van der Waals surface area contributed by atoms with Gasteiger partial charge in [-0.2, -0.15) is 0 Å². The van der Waals surface area contributed by atoms with Crippen LogP contribution >= 0.6 is 15.9 Å². The van der Waals surface area contributed by atoms with E-state index in [4.69, 9.17) is 4.74 Å². The van der Waals surface area contributed by atoms with Crippen LogP contribution < -0.4 is 5.32 Å². The molecular weight excluding hydrogens is 266 g/mol. The van der Waals surface area contributed by atoms with Gasteiger partial charge in [-0.05, 0) is 36.5 Å². The molecule has 2 nitrogen and oxygen atoms in total. The van der Waals surface area contributed by atoms with Crippen LogP contribution in [0.1, 0.15) is 24.5 Å². The van der Waals surface area contributed by atoms with Crippen molar-refractivity contribution in [2.75, 3.05) is 13.1 Å². The summed E-state index contributed by atoms with van der Waals surface area (Å²) >= 11 is 3.46. The van der Waals surface area contributed by atoms with E-state index in [1.54, 1.807) is 0 Å². The molecule has 2 fully saturated rings. The zero-order chi connectivity index (χ0) is 11.0. The minimum Gasteiger partial charge on any atom is -0.367 e. The normalized spacial score (nSPS) is 30.3. The Labute approximate surface area is 105 Å². The van der Waals surface area contributed by atoms with Crippen molar-refractivity contribution in [3.63, 3.8) is 0 Å². The lowest BCUT2D eigenvalue weighted by Gasteiger charge is -2.31. The maximum Gasteiger partial charge on any atom is 0.0953 e. The van der Waals surface area contributed by atoms with E-state index in [0.717, 1.165) is 23.5 Å². The van der Waals surface area contributed by atoms with Crippen LogP contribution in [0.5, 0.6) is 0 Å². The Hall–Kier alpha value is -0.380. The highest BCUT2D eigenvalue weighted by molar-refractivity contribution is 9.10. The van der Waals surface area contributed by atoms with Gasteiger partial charge in [-0.25, -0.2) is 0 Å². The van der Waals surface area contributed by atoms with Crippen molar-refractivity contribution in [1.82, 2.24) is 5.32 Å². The maximum absolute atomic E-state index is 6.16. The molecule has 0 bridgehead atoms. The third-order valence-corrected chi connectivity index (χ3v) is 3.93. The quantitative estimate of drug-likeness (QED) is 0.900. The number of halogens is 1. The van der Waals surface area contributed by atoms with Gasteiger partial charge in [0.05, 0.1) is 12.2 Å². The van der Waals surface area contributed by atoms with E-state index in [1.165, 1.54) is 18.4 Å². The molecule has 1 heterocycles. The molecule has 0 spiro atoms. The number of morpholine rings is 1. The van der Waals surface area contributed by atoms with Gasteiger partial charge in [0.1, 0.15) is 0 Å². The van der Waals surface area contributed by atoms with E-state index in [0.29, 0.717) is 6.10 Å². The molecule has 1 N–H and O–H groups in total. The summed E-state index contributed by atoms with van der Waals surface area (Å²) in [5.41, 5.74) is 1.28. The van der Waals surface area contributed by atoms with Crippen molar-refractivity contribution < 1.29 is 4.74 Å². The average Bonchev–Trinajstić information content (AvgIpc) is 3.14. The SMILES string of the molecule is Brc1ccc(C2CNCC(C3CC3)O2)cc1. The Balaban J connectivity index is 1.71. The Morgan fingerprint density at radius 2 is 1.88 bits per heavy atom. The Bertz CT molecular complexity index is 361. The van der Waals surface area contributed by atoms with Crippen molar-refractivity contribution >= 4 is 15.9 Å². The molecule has 2 unspecified atom stereocenters. The van der Waals surface area contributed by atoms with Gasteiger partial charge >= 0.3 is 0 Å². The summed E-state index contributed by atoms with van der Waals surface area (Å²) in [4.78, 5) is 0. The fraction of sp³-hybridized carbons (Fsp3) is 0.538. The first-order valence-electron chi connectivity index (χ1n) is 5.94. The molecule has 0 aromatic heterocycles. The molecule has 2 aliphatic rings. The number of hydrogen-bond donors (Lipinski definition) is 1. The van der Waals surface area contributed by atoms with Gasteiger partial charge < -0.3 is 10.1 Å². The minimum absolute atomic E-state index is 0.229. The van der Waals surface area contributed by atoms with E-state index >= 15 is 0 Å². The van der Waals surface area contributed by atoms with Gasteiger partial charge in [0.25, 0.3) is 0 Å². The van der Waals surface area contributed by atoms with Gasteiger partial charge in [0.15, 0.2) is 0 Å². The second kappa shape index (κ2) is 4.47. The third-order valence-electron chi connectivity index (χ3n) is 3.40. The number of hydrogen-bond acceptors (Lipinski definition) is 2. The fourth-order valence-corrected chi connectivity index (χ4v) is 2.55. The zero-order valence-electron chi connectivity index (χ0n) is 9.16. The topological polar surface area (TPSA) is 21.3 Å². The lowest BCUT2D eigenvalue weighted by atomic mass is 10.1. The number of rotatable bonds is 2. The van der Waals surface area contributed by atoms with Crippen molar-refractivity contribution in [2.45, 2.75) is 25.0 Å². The standard InChI is InChI=1S/C13H16BrNO/c14-11-5-3-10(4-6-11)13-8-15-7-12(16-13)9-1-2-9/h3-6,9,12-13,15H,1-2,7-8H2. The Kier molecular flexibility index (Phi) is 3.01. The summed E-state index contributed by atoms with van der Waals surface area (Å²) in [6.07, 6.45) is 3.36. The highest BCUT2D eigenvalue weighted by atomic mass is 79.9. The summed E-state index contributed by atoms with van der Waals surface area (Å²) in [5, 5.41) is 3.48. The highest BCUT2D eigenvalue weighted by Crippen LogP contribution is 2.37. The Morgan fingerprint density at radius 3 is 2.56 bits per heavy atom. The molecule has 1 aliphatic carbocycles. The second-order valence-electron chi connectivity index (χ2n) is 4.71. The van der Waals surface area contributed by atoms with Crippen LogP contribution in [0.15, 0.2) is 28.7 Å². The number of nitrogens with one attached hydrogen (secondary N) is 1. The molecule has 3 rings (SSSR count). The zero-order valence-corrected chi connectivity index (χ0v) is 10.7. The number of benzene rings is 1. The van der Waals surface area contributed by atoms with Crippen LogP contribution in [0, 0.1) is 5.92 Å². The monoisotopic (exact) mass is 281 g/mol. The van der Waals surface area contributed by atoms with Crippen LogP contribution in [-0.2, 0) is 4.74 Å². The van der Waals surface area contributed by atoms with Crippen LogP contribution in [0.25, 0.3) is 0 Å². The predicted octanol–water partition coefficient (Wildman–Crippen LogP) is 2.89. The molecule has 86 valence electrons. The van der Waals surface area contributed by atoms with Gasteiger partial charge in [-0.15, -0.1) is 0 Å². The van der Waals surface area contributed by atoms with Crippen molar-refractivity contribution in [2.24, 2.45) is 5.92 Å². The van der Waals surface area contributed by atoms with Crippen LogP contribution in [-0.4, -0.2) is 19.2 Å². The maximum atomic E-state index is 6.16. The van der Waals surface area contributed by atoms with E-state index in [1.807, 2.05) is 0 Å². The van der Waals surface area contributed by atoms with E-state index in [2.05, 4.69) is 45.5 Å². The summed E-state index contributed by atoms with van der Waals surface area (Å²) in [6, 6.07) is 8.45. The van der Waals surface area contributed by atoms with Crippen LogP contribution in [0.2, 0.25) is 0 Å². The first-order valence-corrected chi connectivity index (χ1v) is 6.74. The molecule has 0 radical (unpaired) electrons. The molecule has 3 heteroatoms. The first kappa shape index (κ1) is 10.8. The molecular formula is C13H16BrNO. The second-order valence-corrected chi connectivity index (χ2v) is 5.63.